The highest BCUT2D eigenvalue weighted by atomic mass is 16.6. The molecule has 1 N–H and O–H groups in total. The number of hydrogen-bond acceptors (Lipinski definition) is 7. The van der Waals surface area contributed by atoms with E-state index in [1.165, 1.54) is 38.5 Å². The molecule has 0 spiro atoms. The number of nitrogens with one attached hydrogen (secondary N) is 1. The van der Waals surface area contributed by atoms with E-state index in [1.54, 1.807) is 0 Å². The van der Waals surface area contributed by atoms with Gasteiger partial charge < -0.3 is 19.2 Å². The zero-order valence-electron chi connectivity index (χ0n) is 16.6. The number of nitro groups is 1. The van der Waals surface area contributed by atoms with E-state index in [-0.39, 0.29) is 23.5 Å². The summed E-state index contributed by atoms with van der Waals surface area (Å²) in [6, 6.07) is 9.44. The number of amides is 1. The van der Waals surface area contributed by atoms with Crippen LogP contribution < -0.4 is 10.1 Å². The Bertz CT molecular complexity index is 1120. The Morgan fingerprint density at radius 2 is 2.00 bits per heavy atom. The van der Waals surface area contributed by atoms with Gasteiger partial charge in [-0.25, -0.2) is 0 Å². The predicted molar refractivity (Wildman–Crippen MR) is 108 cm³/mol. The van der Waals surface area contributed by atoms with Gasteiger partial charge in [0.15, 0.2) is 6.10 Å². The summed E-state index contributed by atoms with van der Waals surface area (Å²) >= 11 is 0. The van der Waals surface area contributed by atoms with Gasteiger partial charge in [-0.05, 0) is 31.5 Å². The molecule has 3 rings (SSSR count). The average molecular weight is 412 g/mol. The van der Waals surface area contributed by atoms with Gasteiger partial charge in [0, 0.05) is 23.1 Å². The molecule has 0 bridgehead atoms. The second-order valence-electron chi connectivity index (χ2n) is 6.70. The van der Waals surface area contributed by atoms with Gasteiger partial charge in [-0.1, -0.05) is 12.1 Å². The first-order valence-corrected chi connectivity index (χ1v) is 9.08. The average Bonchev–Trinajstić information content (AvgIpc) is 3.09. The maximum atomic E-state index is 12.4. The van der Waals surface area contributed by atoms with Crippen molar-refractivity contribution in [3.8, 4) is 5.75 Å². The third-order valence-corrected chi connectivity index (χ3v) is 4.48. The van der Waals surface area contributed by atoms with Crippen LogP contribution in [0.3, 0.4) is 0 Å². The summed E-state index contributed by atoms with van der Waals surface area (Å²) < 4.78 is 15.8. The lowest BCUT2D eigenvalue weighted by molar-refractivity contribution is -0.384. The summed E-state index contributed by atoms with van der Waals surface area (Å²) in [5.41, 5.74) is 2.26. The molecule has 0 saturated carbocycles. The van der Waals surface area contributed by atoms with Crippen molar-refractivity contribution < 1.29 is 28.4 Å². The molecule has 1 atom stereocenters. The number of ether oxygens (including phenoxy) is 2. The molecule has 30 heavy (non-hydrogen) atoms. The van der Waals surface area contributed by atoms with Crippen molar-refractivity contribution in [3.63, 3.8) is 0 Å². The molecule has 3 aromatic rings. The quantitative estimate of drug-likeness (QED) is 0.356. The van der Waals surface area contributed by atoms with E-state index in [0.29, 0.717) is 11.1 Å². The van der Waals surface area contributed by atoms with Gasteiger partial charge in [-0.2, -0.15) is 0 Å². The van der Waals surface area contributed by atoms with Crippen LogP contribution in [0.15, 0.2) is 47.1 Å². The van der Waals surface area contributed by atoms with Gasteiger partial charge in [0.2, 0.25) is 0 Å². The molecule has 156 valence electrons. The van der Waals surface area contributed by atoms with Crippen molar-refractivity contribution in [3.05, 3.63) is 63.9 Å². The Morgan fingerprint density at radius 1 is 1.23 bits per heavy atom. The number of esters is 1. The van der Waals surface area contributed by atoms with Gasteiger partial charge >= 0.3 is 5.97 Å². The number of hydrogen-bond donors (Lipinski definition) is 1. The van der Waals surface area contributed by atoms with Crippen molar-refractivity contribution >= 4 is 34.2 Å². The van der Waals surface area contributed by atoms with Crippen LogP contribution in [-0.4, -0.2) is 30.0 Å². The first-order valence-electron chi connectivity index (χ1n) is 9.08. The Hall–Kier alpha value is -3.88. The highest BCUT2D eigenvalue weighted by Gasteiger charge is 2.22. The number of methoxy groups -OCH3 is 1. The lowest BCUT2D eigenvalue weighted by Crippen LogP contribution is -2.30. The van der Waals surface area contributed by atoms with Crippen LogP contribution in [0.2, 0.25) is 0 Å². The summed E-state index contributed by atoms with van der Waals surface area (Å²) in [7, 11) is 1.37. The normalized spacial score (nSPS) is 11.7. The summed E-state index contributed by atoms with van der Waals surface area (Å²) in [4.78, 5) is 35.1. The van der Waals surface area contributed by atoms with Crippen molar-refractivity contribution in [2.45, 2.75) is 26.4 Å². The number of benzene rings is 2. The number of fused-ring (bicyclic) bond motifs is 1. The summed E-state index contributed by atoms with van der Waals surface area (Å²) in [5.74, 6) is -1.01. The summed E-state index contributed by atoms with van der Waals surface area (Å²) in [6.07, 6.45) is 0.305. The van der Waals surface area contributed by atoms with Crippen LogP contribution in [-0.2, 0) is 20.7 Å². The minimum Gasteiger partial charge on any atom is -0.495 e. The lowest BCUT2D eigenvalue weighted by Gasteiger charge is -2.15. The predicted octanol–water partition coefficient (Wildman–Crippen LogP) is 3.77. The van der Waals surface area contributed by atoms with Crippen molar-refractivity contribution in [2.24, 2.45) is 0 Å². The molecule has 1 heterocycles. The number of carbonyl (C=O) groups is 2. The van der Waals surface area contributed by atoms with E-state index in [0.717, 1.165) is 10.9 Å². The topological polar surface area (TPSA) is 121 Å². The zero-order chi connectivity index (χ0) is 21.8. The van der Waals surface area contributed by atoms with Gasteiger partial charge in [-0.3, -0.25) is 19.7 Å². The zero-order valence-corrected chi connectivity index (χ0v) is 16.6. The first-order chi connectivity index (χ1) is 14.3. The SMILES string of the molecule is COc1ccc([N+](=O)[O-])cc1NC(=O)[C@H](C)OC(=O)Cc1coc2cc(C)ccc12. The molecule has 0 radical (unpaired) electrons. The van der Waals surface area contributed by atoms with Gasteiger partial charge in [0.05, 0.1) is 30.4 Å². The standard InChI is InChI=1S/C21H20N2O7/c1-12-4-6-16-14(11-29-19(16)8-12)9-20(24)30-13(2)21(25)22-17-10-15(23(26)27)5-7-18(17)28-3/h4-8,10-11,13H,9H2,1-3H3,(H,22,25)/t13-/m0/s1. The fourth-order valence-electron chi connectivity index (χ4n) is 2.92. The molecule has 9 heteroatoms. The molecule has 0 fully saturated rings. The number of nitrogens with zero attached hydrogens (tertiary/aromatic N) is 1. The molecule has 1 aromatic heterocycles. The maximum absolute atomic E-state index is 12.4. The van der Waals surface area contributed by atoms with Gasteiger partial charge in [-0.15, -0.1) is 0 Å². The van der Waals surface area contributed by atoms with Crippen LogP contribution in [0, 0.1) is 17.0 Å². The molecule has 0 aliphatic heterocycles. The minimum atomic E-state index is -1.12. The smallest absolute Gasteiger partial charge is 0.311 e. The molecular formula is C21H20N2O7. The van der Waals surface area contributed by atoms with Crippen molar-refractivity contribution in [2.75, 3.05) is 12.4 Å². The fraction of sp³-hybridized carbons (Fsp3) is 0.238. The summed E-state index contributed by atoms with van der Waals surface area (Å²) in [5, 5.41) is 14.3. The molecule has 1 amide bonds. The van der Waals surface area contributed by atoms with E-state index >= 15 is 0 Å². The maximum Gasteiger partial charge on any atom is 0.311 e. The van der Waals surface area contributed by atoms with Gasteiger partial charge in [0.25, 0.3) is 11.6 Å². The molecule has 0 saturated heterocycles. The number of non-ortho nitro benzene ring substituents is 1. The second-order valence-corrected chi connectivity index (χ2v) is 6.70. The Balaban J connectivity index is 1.66. The van der Waals surface area contributed by atoms with Crippen LogP contribution >= 0.6 is 0 Å². The third-order valence-electron chi connectivity index (χ3n) is 4.48. The van der Waals surface area contributed by atoms with E-state index in [4.69, 9.17) is 13.9 Å². The molecule has 2 aromatic carbocycles. The van der Waals surface area contributed by atoms with E-state index in [1.807, 2.05) is 25.1 Å². The number of aryl methyl sites for hydroxylation is 1. The molecule has 0 aliphatic carbocycles. The van der Waals surface area contributed by atoms with Crippen LogP contribution in [0.25, 0.3) is 11.0 Å². The number of rotatable bonds is 7. The highest BCUT2D eigenvalue weighted by Crippen LogP contribution is 2.29. The third kappa shape index (κ3) is 4.57. The molecular weight excluding hydrogens is 392 g/mol. The number of nitro benzene ring substituents is 1. The van der Waals surface area contributed by atoms with Crippen molar-refractivity contribution in [1.29, 1.82) is 0 Å². The van der Waals surface area contributed by atoms with E-state index < -0.39 is 22.9 Å². The molecule has 0 unspecified atom stereocenters. The van der Waals surface area contributed by atoms with E-state index in [9.17, 15) is 19.7 Å². The minimum absolute atomic E-state index is 0.0617. The van der Waals surface area contributed by atoms with Gasteiger partial charge in [0.1, 0.15) is 11.3 Å². The van der Waals surface area contributed by atoms with E-state index in [2.05, 4.69) is 5.32 Å². The monoisotopic (exact) mass is 412 g/mol. The van der Waals surface area contributed by atoms with Crippen LogP contribution in [0.4, 0.5) is 11.4 Å². The fourth-order valence-corrected chi connectivity index (χ4v) is 2.92. The number of anilines is 1. The number of furan rings is 1. The second kappa shape index (κ2) is 8.64. The Morgan fingerprint density at radius 3 is 2.70 bits per heavy atom. The van der Waals surface area contributed by atoms with Crippen LogP contribution in [0.5, 0.6) is 5.75 Å². The van der Waals surface area contributed by atoms with Crippen molar-refractivity contribution in [1.82, 2.24) is 0 Å². The summed E-state index contributed by atoms with van der Waals surface area (Å²) in [6.45, 7) is 3.35. The Kier molecular flexibility index (Phi) is 6.01. The van der Waals surface area contributed by atoms with Crippen LogP contribution in [0.1, 0.15) is 18.1 Å². The molecule has 0 aliphatic rings. The largest absolute Gasteiger partial charge is 0.495 e. The molecule has 9 nitrogen and oxygen atoms in total. The number of carbonyl (C=O) groups excluding carboxylic acids is 2. The lowest BCUT2D eigenvalue weighted by atomic mass is 10.1. The Labute approximate surface area is 171 Å². The first kappa shape index (κ1) is 20.8. The highest BCUT2D eigenvalue weighted by molar-refractivity contribution is 5.97.